The maximum atomic E-state index is 12.2. The molecule has 1 aromatic carbocycles. The van der Waals surface area contributed by atoms with E-state index in [1.807, 2.05) is 24.3 Å². The molecule has 2 unspecified atom stereocenters. The van der Waals surface area contributed by atoms with E-state index in [1.165, 1.54) is 18.4 Å². The number of carbonyl (C=O) groups is 1. The molecule has 1 aliphatic rings. The van der Waals surface area contributed by atoms with Gasteiger partial charge >= 0.3 is 0 Å². The van der Waals surface area contributed by atoms with Crippen molar-refractivity contribution in [1.29, 1.82) is 0 Å². The molecule has 0 radical (unpaired) electrons. The van der Waals surface area contributed by atoms with Gasteiger partial charge in [0.2, 0.25) is 0 Å². The molecule has 22 heavy (non-hydrogen) atoms. The van der Waals surface area contributed by atoms with Gasteiger partial charge in [0.05, 0.1) is 0 Å². The van der Waals surface area contributed by atoms with E-state index >= 15 is 0 Å². The first kappa shape index (κ1) is 19.0. The van der Waals surface area contributed by atoms with E-state index in [1.54, 1.807) is 0 Å². The maximum absolute atomic E-state index is 12.2. The minimum absolute atomic E-state index is 0. The SMILES string of the molecule is CC(C)(C)c1ccc(C(=O)NCC2CCCC(N)C2)cc1.Cl. The van der Waals surface area contributed by atoms with E-state index in [2.05, 4.69) is 26.1 Å². The molecule has 0 saturated heterocycles. The molecule has 0 aliphatic heterocycles. The summed E-state index contributed by atoms with van der Waals surface area (Å²) in [5, 5.41) is 3.05. The van der Waals surface area contributed by atoms with Crippen LogP contribution in [-0.2, 0) is 5.41 Å². The fraction of sp³-hybridized carbons (Fsp3) is 0.611. The van der Waals surface area contributed by atoms with Crippen molar-refractivity contribution < 1.29 is 4.79 Å². The molecule has 0 aromatic heterocycles. The molecule has 4 heteroatoms. The first-order valence-corrected chi connectivity index (χ1v) is 8.00. The maximum Gasteiger partial charge on any atom is 0.251 e. The summed E-state index contributed by atoms with van der Waals surface area (Å²) in [6, 6.07) is 8.24. The van der Waals surface area contributed by atoms with Gasteiger partial charge in [0.1, 0.15) is 0 Å². The van der Waals surface area contributed by atoms with E-state index in [9.17, 15) is 4.79 Å². The minimum Gasteiger partial charge on any atom is -0.352 e. The average molecular weight is 325 g/mol. The second-order valence-electron chi connectivity index (χ2n) is 7.33. The van der Waals surface area contributed by atoms with Crippen molar-refractivity contribution in [2.24, 2.45) is 11.7 Å². The highest BCUT2D eigenvalue weighted by molar-refractivity contribution is 5.94. The lowest BCUT2D eigenvalue weighted by Crippen LogP contribution is -2.35. The first-order chi connectivity index (χ1) is 9.86. The van der Waals surface area contributed by atoms with Gasteiger partial charge in [-0.05, 0) is 48.3 Å². The molecule has 1 aromatic rings. The molecule has 2 rings (SSSR count). The van der Waals surface area contributed by atoms with Crippen LogP contribution < -0.4 is 11.1 Å². The summed E-state index contributed by atoms with van der Waals surface area (Å²) in [7, 11) is 0. The molecular formula is C18H29ClN2O. The van der Waals surface area contributed by atoms with Gasteiger partial charge in [-0.1, -0.05) is 39.3 Å². The second kappa shape index (κ2) is 7.98. The van der Waals surface area contributed by atoms with Crippen molar-refractivity contribution >= 4 is 18.3 Å². The largest absolute Gasteiger partial charge is 0.352 e. The number of amides is 1. The third kappa shape index (κ3) is 5.29. The standard InChI is InChI=1S/C18H28N2O.ClH/c1-18(2,3)15-9-7-14(8-10-15)17(21)20-12-13-5-4-6-16(19)11-13;/h7-10,13,16H,4-6,11-12,19H2,1-3H3,(H,20,21);1H. The summed E-state index contributed by atoms with van der Waals surface area (Å²) < 4.78 is 0. The number of nitrogens with one attached hydrogen (secondary N) is 1. The van der Waals surface area contributed by atoms with E-state index < -0.39 is 0 Å². The van der Waals surface area contributed by atoms with Crippen molar-refractivity contribution in [3.05, 3.63) is 35.4 Å². The summed E-state index contributed by atoms with van der Waals surface area (Å²) in [6.45, 7) is 7.27. The van der Waals surface area contributed by atoms with Crippen LogP contribution in [0.25, 0.3) is 0 Å². The molecule has 1 saturated carbocycles. The van der Waals surface area contributed by atoms with Crippen molar-refractivity contribution in [3.8, 4) is 0 Å². The van der Waals surface area contributed by atoms with Crippen LogP contribution in [0.5, 0.6) is 0 Å². The van der Waals surface area contributed by atoms with Crippen molar-refractivity contribution in [1.82, 2.24) is 5.32 Å². The van der Waals surface area contributed by atoms with Crippen molar-refractivity contribution in [2.75, 3.05) is 6.54 Å². The van der Waals surface area contributed by atoms with Crippen LogP contribution in [-0.4, -0.2) is 18.5 Å². The lowest BCUT2D eigenvalue weighted by atomic mass is 9.86. The molecule has 3 N–H and O–H groups in total. The number of carbonyl (C=O) groups excluding carboxylic acids is 1. The van der Waals surface area contributed by atoms with Crippen molar-refractivity contribution in [2.45, 2.75) is 57.9 Å². The Labute approximate surface area is 140 Å². The highest BCUT2D eigenvalue weighted by Crippen LogP contribution is 2.23. The molecule has 2 atom stereocenters. The Bertz CT molecular complexity index is 479. The molecule has 0 bridgehead atoms. The number of hydrogen-bond acceptors (Lipinski definition) is 2. The van der Waals surface area contributed by atoms with Crippen LogP contribution in [0.3, 0.4) is 0 Å². The summed E-state index contributed by atoms with van der Waals surface area (Å²) in [6.07, 6.45) is 4.51. The Morgan fingerprint density at radius 2 is 1.86 bits per heavy atom. The Hall–Kier alpha value is -1.06. The molecule has 1 aliphatic carbocycles. The number of hydrogen-bond donors (Lipinski definition) is 2. The van der Waals surface area contributed by atoms with Gasteiger partial charge in [-0.15, -0.1) is 12.4 Å². The van der Waals surface area contributed by atoms with Gasteiger partial charge in [0.15, 0.2) is 0 Å². The van der Waals surface area contributed by atoms with Gasteiger partial charge in [-0.25, -0.2) is 0 Å². The fourth-order valence-corrected chi connectivity index (χ4v) is 2.98. The molecule has 0 spiro atoms. The Kier molecular flexibility index (Phi) is 6.89. The normalized spacial score (nSPS) is 21.8. The Morgan fingerprint density at radius 3 is 2.41 bits per heavy atom. The number of halogens is 1. The van der Waals surface area contributed by atoms with Crippen LogP contribution in [0.15, 0.2) is 24.3 Å². The van der Waals surface area contributed by atoms with Gasteiger partial charge in [0, 0.05) is 18.2 Å². The smallest absolute Gasteiger partial charge is 0.251 e. The molecule has 1 fully saturated rings. The van der Waals surface area contributed by atoms with Gasteiger partial charge in [-0.2, -0.15) is 0 Å². The zero-order valence-corrected chi connectivity index (χ0v) is 14.7. The molecule has 3 nitrogen and oxygen atoms in total. The third-order valence-corrected chi connectivity index (χ3v) is 4.39. The van der Waals surface area contributed by atoms with Crippen LogP contribution >= 0.6 is 12.4 Å². The van der Waals surface area contributed by atoms with Gasteiger partial charge < -0.3 is 11.1 Å². The zero-order chi connectivity index (χ0) is 15.5. The van der Waals surface area contributed by atoms with Crippen LogP contribution in [0.4, 0.5) is 0 Å². The summed E-state index contributed by atoms with van der Waals surface area (Å²) in [4.78, 5) is 12.2. The monoisotopic (exact) mass is 324 g/mol. The van der Waals surface area contributed by atoms with Crippen LogP contribution in [0, 0.1) is 5.92 Å². The average Bonchev–Trinajstić information content (AvgIpc) is 2.44. The van der Waals surface area contributed by atoms with E-state index in [-0.39, 0.29) is 23.7 Å². The Morgan fingerprint density at radius 1 is 1.23 bits per heavy atom. The van der Waals surface area contributed by atoms with Crippen LogP contribution in [0.1, 0.15) is 62.4 Å². The predicted molar refractivity (Wildman–Crippen MR) is 94.7 cm³/mol. The molecular weight excluding hydrogens is 296 g/mol. The topological polar surface area (TPSA) is 55.1 Å². The zero-order valence-electron chi connectivity index (χ0n) is 13.9. The lowest BCUT2D eigenvalue weighted by molar-refractivity contribution is 0.0942. The highest BCUT2D eigenvalue weighted by Gasteiger charge is 2.20. The second-order valence-corrected chi connectivity index (χ2v) is 7.33. The van der Waals surface area contributed by atoms with Crippen LogP contribution in [0.2, 0.25) is 0 Å². The van der Waals surface area contributed by atoms with Gasteiger partial charge in [0.25, 0.3) is 5.91 Å². The lowest BCUT2D eigenvalue weighted by Gasteiger charge is -2.26. The summed E-state index contributed by atoms with van der Waals surface area (Å²) >= 11 is 0. The fourth-order valence-electron chi connectivity index (χ4n) is 2.98. The Balaban J connectivity index is 0.00000242. The van der Waals surface area contributed by atoms with Crippen molar-refractivity contribution in [3.63, 3.8) is 0 Å². The van der Waals surface area contributed by atoms with Gasteiger partial charge in [-0.3, -0.25) is 4.79 Å². The predicted octanol–water partition coefficient (Wildman–Crippen LogP) is 3.65. The third-order valence-electron chi connectivity index (χ3n) is 4.39. The summed E-state index contributed by atoms with van der Waals surface area (Å²) in [5.41, 5.74) is 8.09. The quantitative estimate of drug-likeness (QED) is 0.891. The van der Waals surface area contributed by atoms with E-state index in [4.69, 9.17) is 5.73 Å². The number of benzene rings is 1. The molecule has 0 heterocycles. The highest BCUT2D eigenvalue weighted by atomic mass is 35.5. The molecule has 124 valence electrons. The van der Waals surface area contributed by atoms with E-state index in [0.717, 1.165) is 24.9 Å². The first-order valence-electron chi connectivity index (χ1n) is 8.00. The van der Waals surface area contributed by atoms with E-state index in [0.29, 0.717) is 12.0 Å². The number of rotatable bonds is 3. The minimum atomic E-state index is 0. The molecule has 1 amide bonds. The summed E-state index contributed by atoms with van der Waals surface area (Å²) in [5.74, 6) is 0.557. The number of nitrogens with two attached hydrogens (primary N) is 1.